The van der Waals surface area contributed by atoms with Gasteiger partial charge in [0.05, 0.1) is 12.0 Å². The zero-order chi connectivity index (χ0) is 11.2. The van der Waals surface area contributed by atoms with E-state index in [1.165, 1.54) is 0 Å². The van der Waals surface area contributed by atoms with Crippen molar-refractivity contribution in [3.05, 3.63) is 0 Å². The van der Waals surface area contributed by atoms with Gasteiger partial charge in [0.15, 0.2) is 0 Å². The summed E-state index contributed by atoms with van der Waals surface area (Å²) in [7, 11) is -2.26. The maximum atomic E-state index is 11.7. The summed E-state index contributed by atoms with van der Waals surface area (Å²) in [4.78, 5) is 11.2. The molecule has 5 heteroatoms. The van der Waals surface area contributed by atoms with Crippen LogP contribution in [0, 0.1) is 5.41 Å². The maximum Gasteiger partial charge on any atom is 0.538 e. The molecule has 0 unspecified atom stereocenters. The van der Waals surface area contributed by atoms with Crippen LogP contribution in [0.25, 0.3) is 0 Å². The van der Waals surface area contributed by atoms with Crippen molar-refractivity contribution < 1.29 is 18.2 Å². The summed E-state index contributed by atoms with van der Waals surface area (Å²) in [6, 6.07) is 0. The van der Waals surface area contributed by atoms with E-state index >= 15 is 0 Å². The highest BCUT2D eigenvalue weighted by molar-refractivity contribution is 6.42. The van der Waals surface area contributed by atoms with Crippen molar-refractivity contribution in [1.82, 2.24) is 0 Å². The highest BCUT2D eigenvalue weighted by Crippen LogP contribution is 2.15. The summed E-state index contributed by atoms with van der Waals surface area (Å²) >= 11 is 0. The van der Waals surface area contributed by atoms with Gasteiger partial charge in [0.1, 0.15) is 0 Å². The number of hydrogen-bond donors (Lipinski definition) is 0. The van der Waals surface area contributed by atoms with Crippen LogP contribution in [0.5, 0.6) is 0 Å². The molecule has 0 spiro atoms. The Balaban J connectivity index is 3.42. The van der Waals surface area contributed by atoms with Crippen molar-refractivity contribution in [1.29, 1.82) is 0 Å². The first-order valence-corrected chi connectivity index (χ1v) is 4.79. The second-order valence-corrected chi connectivity index (χ2v) is 4.27. The molecule has 0 aromatic rings. The van der Waals surface area contributed by atoms with Crippen LogP contribution in [0.1, 0.15) is 33.6 Å². The fourth-order valence-electron chi connectivity index (χ4n) is 0.782. The van der Waals surface area contributed by atoms with Gasteiger partial charge in [-0.3, -0.25) is 13.4 Å². The Bertz CT molecular complexity index is 178. The molecule has 0 fully saturated rings. The van der Waals surface area contributed by atoms with Gasteiger partial charge in [-0.1, -0.05) is 6.42 Å². The minimum atomic E-state index is -2.26. The molecule has 0 aromatic heterocycles. The van der Waals surface area contributed by atoms with Gasteiger partial charge in [-0.05, 0) is 33.5 Å². The van der Waals surface area contributed by atoms with E-state index in [2.05, 4.69) is 0 Å². The van der Waals surface area contributed by atoms with Crippen LogP contribution in [-0.4, -0.2) is 19.8 Å². The monoisotopic (exact) mass is 206 g/mol. The fraction of sp³-hybridized carbons (Fsp3) is 0.889. The molecule has 0 bridgehead atoms. The lowest BCUT2D eigenvalue weighted by molar-refractivity contribution is -0.153. The quantitative estimate of drug-likeness (QED) is 0.392. The average Bonchev–Trinajstić information content (AvgIpc) is 2.01. The first-order chi connectivity index (χ1) is 6.34. The third-order valence-electron chi connectivity index (χ3n) is 1.66. The van der Waals surface area contributed by atoms with Gasteiger partial charge >= 0.3 is 13.2 Å². The van der Waals surface area contributed by atoms with Gasteiger partial charge in [0.25, 0.3) is 0 Å². The standard InChI is InChI=1S/C9H17BF2O2/c1-9(2,3)8(13)14-7-5-4-6-10(11)12/h4-7H2,1-3H3. The second-order valence-electron chi connectivity index (χ2n) is 4.27. The summed E-state index contributed by atoms with van der Waals surface area (Å²) in [6.45, 7) is 5.51. The smallest absolute Gasteiger partial charge is 0.465 e. The van der Waals surface area contributed by atoms with Crippen molar-refractivity contribution in [3.63, 3.8) is 0 Å². The number of carbonyl (C=O) groups is 1. The molecule has 0 aliphatic heterocycles. The van der Waals surface area contributed by atoms with Crippen LogP contribution in [-0.2, 0) is 9.53 Å². The summed E-state index contributed by atoms with van der Waals surface area (Å²) < 4.78 is 28.3. The first-order valence-electron chi connectivity index (χ1n) is 4.79. The normalized spacial score (nSPS) is 11.2. The molecule has 0 saturated carbocycles. The lowest BCUT2D eigenvalue weighted by atomic mass is 9.90. The van der Waals surface area contributed by atoms with Gasteiger partial charge in [0.2, 0.25) is 0 Å². The summed E-state index contributed by atoms with van der Waals surface area (Å²) in [5.41, 5.74) is -0.511. The van der Waals surface area contributed by atoms with Crippen molar-refractivity contribution in [2.75, 3.05) is 6.61 Å². The van der Waals surface area contributed by atoms with E-state index in [1.807, 2.05) is 0 Å². The topological polar surface area (TPSA) is 26.3 Å². The number of hydrogen-bond acceptors (Lipinski definition) is 2. The lowest BCUT2D eigenvalue weighted by Gasteiger charge is -2.16. The van der Waals surface area contributed by atoms with E-state index in [1.54, 1.807) is 20.8 Å². The SMILES string of the molecule is CC(C)(C)C(=O)OCCCCB(F)F. The van der Waals surface area contributed by atoms with Gasteiger partial charge in [-0.2, -0.15) is 0 Å². The Kier molecular flexibility index (Phi) is 5.73. The highest BCUT2D eigenvalue weighted by atomic mass is 19.2. The Hall–Kier alpha value is -0.605. The van der Waals surface area contributed by atoms with Crippen LogP contribution in [0.2, 0.25) is 6.32 Å². The van der Waals surface area contributed by atoms with E-state index in [0.29, 0.717) is 12.8 Å². The summed E-state index contributed by atoms with van der Waals surface area (Å²) in [5, 5.41) is 0. The number of rotatable bonds is 5. The zero-order valence-electron chi connectivity index (χ0n) is 8.98. The third kappa shape index (κ3) is 6.86. The Morgan fingerprint density at radius 3 is 2.29 bits per heavy atom. The minimum Gasteiger partial charge on any atom is -0.465 e. The molecule has 82 valence electrons. The molecule has 0 N–H and O–H groups in total. The molecule has 0 heterocycles. The summed E-state index contributed by atoms with van der Waals surface area (Å²) in [5.74, 6) is -0.283. The molecular formula is C9H17BF2O2. The third-order valence-corrected chi connectivity index (χ3v) is 1.66. The highest BCUT2D eigenvalue weighted by Gasteiger charge is 2.22. The molecular weight excluding hydrogens is 189 g/mol. The maximum absolute atomic E-state index is 11.7. The van der Waals surface area contributed by atoms with Crippen LogP contribution >= 0.6 is 0 Å². The molecule has 0 radical (unpaired) electrons. The molecule has 0 aliphatic rings. The van der Waals surface area contributed by atoms with Crippen molar-refractivity contribution in [3.8, 4) is 0 Å². The van der Waals surface area contributed by atoms with Crippen molar-refractivity contribution in [2.24, 2.45) is 5.41 Å². The van der Waals surface area contributed by atoms with Crippen LogP contribution in [0.3, 0.4) is 0 Å². The van der Waals surface area contributed by atoms with Crippen molar-refractivity contribution >= 4 is 13.2 Å². The van der Waals surface area contributed by atoms with Gasteiger partial charge in [-0.25, -0.2) is 0 Å². The Morgan fingerprint density at radius 1 is 1.29 bits per heavy atom. The zero-order valence-corrected chi connectivity index (χ0v) is 8.98. The molecule has 0 rings (SSSR count). The van der Waals surface area contributed by atoms with Crippen LogP contribution in [0.15, 0.2) is 0 Å². The first kappa shape index (κ1) is 13.4. The predicted octanol–water partition coefficient (Wildman–Crippen LogP) is 2.78. The largest absolute Gasteiger partial charge is 0.538 e. The number of unbranched alkanes of at least 4 members (excludes halogenated alkanes) is 1. The summed E-state index contributed by atoms with van der Waals surface area (Å²) in [6.07, 6.45) is 0.786. The van der Waals surface area contributed by atoms with Crippen LogP contribution in [0.4, 0.5) is 8.63 Å². The fourth-order valence-corrected chi connectivity index (χ4v) is 0.782. The van der Waals surface area contributed by atoms with E-state index in [-0.39, 0.29) is 18.9 Å². The number of halogens is 2. The minimum absolute atomic E-state index is 0.118. The average molecular weight is 206 g/mol. The molecule has 0 aliphatic carbocycles. The molecule has 0 saturated heterocycles. The second kappa shape index (κ2) is 5.99. The molecule has 0 amide bonds. The van der Waals surface area contributed by atoms with E-state index in [9.17, 15) is 13.4 Å². The molecule has 0 aromatic carbocycles. The predicted molar refractivity (Wildman–Crippen MR) is 52.4 cm³/mol. The number of ether oxygens (including phenoxy) is 1. The van der Waals surface area contributed by atoms with E-state index in [0.717, 1.165) is 0 Å². The number of carbonyl (C=O) groups excluding carboxylic acids is 1. The molecule has 0 atom stereocenters. The molecule has 14 heavy (non-hydrogen) atoms. The van der Waals surface area contributed by atoms with Crippen molar-refractivity contribution in [2.45, 2.75) is 39.9 Å². The van der Waals surface area contributed by atoms with Gasteiger partial charge in [-0.15, -0.1) is 0 Å². The lowest BCUT2D eigenvalue weighted by Crippen LogP contribution is -2.23. The number of esters is 1. The van der Waals surface area contributed by atoms with E-state index < -0.39 is 12.7 Å². The Morgan fingerprint density at radius 2 is 1.86 bits per heavy atom. The Labute approximate surface area is 84.2 Å². The van der Waals surface area contributed by atoms with Gasteiger partial charge in [0, 0.05) is 0 Å². The van der Waals surface area contributed by atoms with E-state index in [4.69, 9.17) is 4.74 Å². The molecule has 2 nitrogen and oxygen atoms in total. The van der Waals surface area contributed by atoms with Gasteiger partial charge < -0.3 is 4.74 Å². The van der Waals surface area contributed by atoms with Crippen LogP contribution < -0.4 is 0 Å².